The van der Waals surface area contributed by atoms with Gasteiger partial charge in [-0.3, -0.25) is 9.59 Å². The molecule has 1 N–H and O–H groups in total. The van der Waals surface area contributed by atoms with Crippen LogP contribution in [0.2, 0.25) is 0 Å². The molecule has 1 unspecified atom stereocenters. The van der Waals surface area contributed by atoms with Crippen molar-refractivity contribution in [1.29, 1.82) is 5.26 Å². The van der Waals surface area contributed by atoms with E-state index in [-0.39, 0.29) is 17.5 Å². The SMILES string of the molecule is C[C@@H]1CCC(=O)N1[C@H]1C2=C(C=CC(C#N)C2=O)OC(C)(C)[C@@H]1O. The van der Waals surface area contributed by atoms with E-state index in [2.05, 4.69) is 0 Å². The summed E-state index contributed by atoms with van der Waals surface area (Å²) < 4.78 is 5.79. The highest BCUT2D eigenvalue weighted by molar-refractivity contribution is 6.03. The molecule has 2 heterocycles. The molecule has 122 valence electrons. The number of rotatable bonds is 1. The Morgan fingerprint density at radius 2 is 2.13 bits per heavy atom. The van der Waals surface area contributed by atoms with Crippen LogP contribution in [-0.4, -0.2) is 45.5 Å². The van der Waals surface area contributed by atoms with Crippen LogP contribution in [0.1, 0.15) is 33.6 Å². The Morgan fingerprint density at radius 1 is 1.43 bits per heavy atom. The molecule has 1 amide bonds. The van der Waals surface area contributed by atoms with E-state index in [0.29, 0.717) is 18.6 Å². The van der Waals surface area contributed by atoms with Gasteiger partial charge in [0.05, 0.1) is 17.7 Å². The number of hydrogen-bond donors (Lipinski definition) is 1. The first-order valence-corrected chi connectivity index (χ1v) is 7.82. The van der Waals surface area contributed by atoms with Crippen LogP contribution in [0, 0.1) is 17.2 Å². The van der Waals surface area contributed by atoms with E-state index in [1.807, 2.05) is 13.0 Å². The standard InChI is InChI=1S/C17H20N2O4/c1-9-4-7-12(20)19(9)14-13-11(23-17(2,3)16(14)22)6-5-10(8-18)15(13)21/h5-6,9-10,14,16,22H,4,7H2,1-3H3/t9-,10?,14+,16-/m1/s1. The predicted molar refractivity (Wildman–Crippen MR) is 80.8 cm³/mol. The molecule has 3 aliphatic rings. The van der Waals surface area contributed by atoms with Gasteiger partial charge in [0.2, 0.25) is 5.91 Å². The molecule has 1 saturated heterocycles. The van der Waals surface area contributed by atoms with Crippen molar-refractivity contribution in [1.82, 2.24) is 4.90 Å². The van der Waals surface area contributed by atoms with E-state index < -0.39 is 29.4 Å². The van der Waals surface area contributed by atoms with E-state index in [0.717, 1.165) is 0 Å². The van der Waals surface area contributed by atoms with Gasteiger partial charge in [-0.2, -0.15) is 5.26 Å². The molecule has 0 radical (unpaired) electrons. The van der Waals surface area contributed by atoms with Gasteiger partial charge in [0.1, 0.15) is 23.4 Å². The van der Waals surface area contributed by atoms with Crippen LogP contribution in [-0.2, 0) is 14.3 Å². The molecular weight excluding hydrogens is 296 g/mol. The molecule has 2 aliphatic heterocycles. The highest BCUT2D eigenvalue weighted by atomic mass is 16.5. The number of hydrogen-bond acceptors (Lipinski definition) is 5. The van der Waals surface area contributed by atoms with Crippen LogP contribution in [0.25, 0.3) is 0 Å². The second-order valence-corrected chi connectivity index (χ2v) is 6.89. The van der Waals surface area contributed by atoms with Gasteiger partial charge in [-0.1, -0.05) is 6.08 Å². The van der Waals surface area contributed by atoms with Gasteiger partial charge in [0.25, 0.3) is 0 Å². The summed E-state index contributed by atoms with van der Waals surface area (Å²) in [6, 6.07) is 1.11. The van der Waals surface area contributed by atoms with E-state index in [9.17, 15) is 14.7 Å². The van der Waals surface area contributed by atoms with Crippen LogP contribution in [0.5, 0.6) is 0 Å². The molecule has 0 aromatic rings. The number of aliphatic hydroxyl groups is 1. The number of ketones is 1. The maximum atomic E-state index is 12.7. The zero-order valence-corrected chi connectivity index (χ0v) is 13.4. The Kier molecular flexibility index (Phi) is 3.56. The van der Waals surface area contributed by atoms with Crippen molar-refractivity contribution in [3.63, 3.8) is 0 Å². The molecule has 1 aliphatic carbocycles. The normalized spacial score (nSPS) is 35.9. The minimum Gasteiger partial charge on any atom is -0.485 e. The number of likely N-dealkylation sites (tertiary alicyclic amines) is 1. The number of carbonyl (C=O) groups is 2. The third kappa shape index (κ3) is 2.27. The van der Waals surface area contributed by atoms with Gasteiger partial charge in [-0.15, -0.1) is 0 Å². The lowest BCUT2D eigenvalue weighted by molar-refractivity contribution is -0.146. The van der Waals surface area contributed by atoms with Gasteiger partial charge >= 0.3 is 0 Å². The Morgan fingerprint density at radius 3 is 2.70 bits per heavy atom. The summed E-state index contributed by atoms with van der Waals surface area (Å²) in [6.45, 7) is 5.37. The minimum absolute atomic E-state index is 0.0657. The number of amides is 1. The lowest BCUT2D eigenvalue weighted by atomic mass is 9.78. The number of Topliss-reactive ketones (excluding diaryl/α,β-unsaturated/α-hetero) is 1. The van der Waals surface area contributed by atoms with Crippen LogP contribution >= 0.6 is 0 Å². The van der Waals surface area contributed by atoms with Crippen molar-refractivity contribution in [2.45, 2.75) is 57.4 Å². The van der Waals surface area contributed by atoms with Crippen LogP contribution in [0.4, 0.5) is 0 Å². The molecule has 3 rings (SSSR count). The number of allylic oxidation sites excluding steroid dienone is 2. The lowest BCUT2D eigenvalue weighted by Gasteiger charge is -2.47. The lowest BCUT2D eigenvalue weighted by Crippen LogP contribution is -2.60. The summed E-state index contributed by atoms with van der Waals surface area (Å²) in [5, 5.41) is 19.9. The third-order valence-corrected chi connectivity index (χ3v) is 4.91. The largest absolute Gasteiger partial charge is 0.485 e. The van der Waals surface area contributed by atoms with Crippen LogP contribution in [0.3, 0.4) is 0 Å². The Labute approximate surface area is 135 Å². The summed E-state index contributed by atoms with van der Waals surface area (Å²) in [7, 11) is 0. The molecule has 1 fully saturated rings. The summed E-state index contributed by atoms with van der Waals surface area (Å²) >= 11 is 0. The average molecular weight is 316 g/mol. The van der Waals surface area contributed by atoms with Gasteiger partial charge in [-0.05, 0) is 33.3 Å². The maximum Gasteiger partial charge on any atom is 0.223 e. The molecule has 0 saturated carbocycles. The first-order chi connectivity index (χ1) is 10.8. The Bertz CT molecular complexity index is 671. The third-order valence-electron chi connectivity index (χ3n) is 4.91. The number of aliphatic hydroxyl groups excluding tert-OH is 1. The molecule has 0 bridgehead atoms. The molecule has 6 heteroatoms. The molecule has 23 heavy (non-hydrogen) atoms. The average Bonchev–Trinajstić information content (AvgIpc) is 2.81. The fraction of sp³-hybridized carbons (Fsp3) is 0.588. The van der Waals surface area contributed by atoms with Crippen molar-refractivity contribution in [2.24, 2.45) is 5.92 Å². The van der Waals surface area contributed by atoms with Gasteiger partial charge in [-0.25, -0.2) is 0 Å². The molecule has 0 aromatic carbocycles. The second-order valence-electron chi connectivity index (χ2n) is 6.89. The first kappa shape index (κ1) is 15.8. The first-order valence-electron chi connectivity index (χ1n) is 7.82. The summed E-state index contributed by atoms with van der Waals surface area (Å²) in [5.41, 5.74) is -0.691. The van der Waals surface area contributed by atoms with Crippen molar-refractivity contribution in [3.05, 3.63) is 23.5 Å². The van der Waals surface area contributed by atoms with E-state index >= 15 is 0 Å². The highest BCUT2D eigenvalue weighted by Crippen LogP contribution is 2.41. The Balaban J connectivity index is 2.14. The van der Waals surface area contributed by atoms with Gasteiger partial charge < -0.3 is 14.7 Å². The summed E-state index contributed by atoms with van der Waals surface area (Å²) in [5.74, 6) is -1.02. The quantitative estimate of drug-likeness (QED) is 0.781. The van der Waals surface area contributed by atoms with E-state index in [4.69, 9.17) is 10.00 Å². The zero-order chi connectivity index (χ0) is 16.9. The molecule has 0 spiro atoms. The van der Waals surface area contributed by atoms with Gasteiger partial charge in [0, 0.05) is 12.5 Å². The van der Waals surface area contributed by atoms with Crippen LogP contribution < -0.4 is 0 Å². The Hall–Kier alpha value is -2.13. The topological polar surface area (TPSA) is 90.6 Å². The summed E-state index contributed by atoms with van der Waals surface area (Å²) in [6.07, 6.45) is 3.16. The zero-order valence-electron chi connectivity index (χ0n) is 13.4. The van der Waals surface area contributed by atoms with E-state index in [1.54, 1.807) is 24.8 Å². The number of carbonyl (C=O) groups excluding carboxylic acids is 2. The van der Waals surface area contributed by atoms with Crippen molar-refractivity contribution in [3.8, 4) is 6.07 Å². The second kappa shape index (κ2) is 5.20. The summed E-state index contributed by atoms with van der Waals surface area (Å²) in [4.78, 5) is 26.6. The van der Waals surface area contributed by atoms with Crippen molar-refractivity contribution in [2.75, 3.05) is 0 Å². The maximum absolute atomic E-state index is 12.7. The van der Waals surface area contributed by atoms with Gasteiger partial charge in [0.15, 0.2) is 5.78 Å². The minimum atomic E-state index is -1.04. The predicted octanol–water partition coefficient (Wildman–Crippen LogP) is 1.07. The fourth-order valence-corrected chi connectivity index (χ4v) is 3.58. The van der Waals surface area contributed by atoms with Crippen molar-refractivity contribution >= 4 is 11.7 Å². The smallest absolute Gasteiger partial charge is 0.223 e. The molecular formula is C17H20N2O4. The van der Waals surface area contributed by atoms with Crippen molar-refractivity contribution < 1.29 is 19.4 Å². The molecule has 6 nitrogen and oxygen atoms in total. The monoisotopic (exact) mass is 316 g/mol. The number of nitriles is 1. The fourth-order valence-electron chi connectivity index (χ4n) is 3.58. The van der Waals surface area contributed by atoms with Crippen LogP contribution in [0.15, 0.2) is 23.5 Å². The van der Waals surface area contributed by atoms with E-state index in [1.165, 1.54) is 6.08 Å². The number of ether oxygens (including phenoxy) is 1. The molecule has 0 aromatic heterocycles. The molecule has 4 atom stereocenters. The number of nitrogens with zero attached hydrogens (tertiary/aromatic N) is 2. The highest BCUT2D eigenvalue weighted by Gasteiger charge is 2.52.